The average Bonchev–Trinajstić information content (AvgIpc) is 3.00. The van der Waals surface area contributed by atoms with Crippen molar-refractivity contribution in [3.05, 3.63) is 63.8 Å². The van der Waals surface area contributed by atoms with E-state index < -0.39 is 10.9 Å². The summed E-state index contributed by atoms with van der Waals surface area (Å²) in [6.45, 7) is -0.205. The van der Waals surface area contributed by atoms with Gasteiger partial charge >= 0.3 is 5.97 Å². The third-order valence-electron chi connectivity index (χ3n) is 3.32. The van der Waals surface area contributed by atoms with Crippen LogP contribution in [0.25, 0.3) is 0 Å². The lowest BCUT2D eigenvalue weighted by Gasteiger charge is -2.06. The number of ether oxygens (including phenoxy) is 3. The zero-order valence-electron chi connectivity index (χ0n) is 12.1. The van der Waals surface area contributed by atoms with Gasteiger partial charge in [-0.1, -0.05) is 24.3 Å². The van der Waals surface area contributed by atoms with Crippen molar-refractivity contribution in [2.75, 3.05) is 6.79 Å². The van der Waals surface area contributed by atoms with Crippen LogP contribution in [-0.4, -0.2) is 17.7 Å². The number of carbonyl (C=O) groups is 1. The number of hydrogen-bond donors (Lipinski definition) is 0. The first kappa shape index (κ1) is 14.8. The van der Waals surface area contributed by atoms with Crippen molar-refractivity contribution < 1.29 is 23.9 Å². The Labute approximate surface area is 131 Å². The Morgan fingerprint density at radius 2 is 1.96 bits per heavy atom. The van der Waals surface area contributed by atoms with Crippen molar-refractivity contribution in [2.45, 2.75) is 13.0 Å². The van der Waals surface area contributed by atoms with E-state index >= 15 is 0 Å². The number of benzene rings is 1. The molecule has 0 N–H and O–H groups in total. The van der Waals surface area contributed by atoms with Gasteiger partial charge in [0.25, 0.3) is 5.69 Å². The van der Waals surface area contributed by atoms with E-state index in [0.717, 1.165) is 12.0 Å². The van der Waals surface area contributed by atoms with Crippen LogP contribution in [0.5, 0.6) is 11.5 Å². The van der Waals surface area contributed by atoms with E-state index in [-0.39, 0.29) is 24.7 Å². The molecule has 118 valence electrons. The van der Waals surface area contributed by atoms with E-state index in [2.05, 4.69) is 0 Å². The van der Waals surface area contributed by atoms with Crippen LogP contribution in [0, 0.1) is 10.1 Å². The largest absolute Gasteiger partial charge is 0.457 e. The Kier molecular flexibility index (Phi) is 4.09. The molecule has 7 nitrogen and oxygen atoms in total. The Morgan fingerprint density at radius 3 is 2.65 bits per heavy atom. The first-order valence-corrected chi connectivity index (χ1v) is 6.92. The maximum Gasteiger partial charge on any atom is 0.331 e. The summed E-state index contributed by atoms with van der Waals surface area (Å²) >= 11 is 0. The quantitative estimate of drug-likeness (QED) is 0.367. The van der Waals surface area contributed by atoms with Gasteiger partial charge < -0.3 is 14.2 Å². The fraction of sp³-hybridized carbons (Fsp3) is 0.188. The number of nitrogens with zero attached hydrogens (tertiary/aromatic N) is 1. The van der Waals surface area contributed by atoms with Crippen LogP contribution in [0.3, 0.4) is 0 Å². The van der Waals surface area contributed by atoms with Gasteiger partial charge in [-0.25, -0.2) is 4.79 Å². The molecule has 0 aromatic heterocycles. The third kappa shape index (κ3) is 3.39. The summed E-state index contributed by atoms with van der Waals surface area (Å²) in [5.74, 6) is 0.146. The summed E-state index contributed by atoms with van der Waals surface area (Å²) in [5, 5.41) is 11.1. The van der Waals surface area contributed by atoms with Crippen molar-refractivity contribution >= 4 is 11.7 Å². The molecule has 0 fully saturated rings. The molecule has 0 amide bonds. The molecule has 3 rings (SSSR count). The van der Waals surface area contributed by atoms with Gasteiger partial charge in [-0.3, -0.25) is 10.1 Å². The van der Waals surface area contributed by atoms with Crippen molar-refractivity contribution in [3.8, 4) is 11.5 Å². The van der Waals surface area contributed by atoms with Gasteiger partial charge in [0.1, 0.15) is 6.61 Å². The standard InChI is InChI=1S/C16H13NO6/c18-16(6-11-4-2-1-3-5-11)21-9-12-7-14-15(23-10-22-14)8-13(12)17(19)20/h2-8H,1,9-10H2. The van der Waals surface area contributed by atoms with Crippen LogP contribution in [0.4, 0.5) is 5.69 Å². The Bertz CT molecular complexity index is 733. The third-order valence-corrected chi connectivity index (χ3v) is 3.32. The van der Waals surface area contributed by atoms with Gasteiger partial charge in [0.05, 0.1) is 16.6 Å². The minimum absolute atomic E-state index is 0.0144. The molecule has 1 aliphatic heterocycles. The molecular weight excluding hydrogens is 302 g/mol. The van der Waals surface area contributed by atoms with Crippen molar-refractivity contribution in [1.82, 2.24) is 0 Å². The second kappa shape index (κ2) is 6.35. The number of allylic oxidation sites excluding steroid dienone is 5. The van der Waals surface area contributed by atoms with Gasteiger partial charge in [-0.05, 0) is 18.1 Å². The molecule has 0 saturated carbocycles. The number of hydrogen-bond acceptors (Lipinski definition) is 6. The molecule has 0 radical (unpaired) electrons. The predicted octanol–water partition coefficient (Wildman–Crippen LogP) is 2.81. The molecule has 0 atom stereocenters. The highest BCUT2D eigenvalue weighted by Gasteiger charge is 2.23. The number of nitro benzene ring substituents is 1. The monoisotopic (exact) mass is 315 g/mol. The van der Waals surface area contributed by atoms with Crippen molar-refractivity contribution in [1.29, 1.82) is 0 Å². The zero-order valence-corrected chi connectivity index (χ0v) is 12.1. The number of esters is 1. The molecule has 23 heavy (non-hydrogen) atoms. The van der Waals surface area contributed by atoms with Crippen LogP contribution in [0.15, 0.2) is 48.1 Å². The fourth-order valence-electron chi connectivity index (χ4n) is 2.22. The SMILES string of the molecule is O=C(C=C1C=CCC=C1)OCc1cc2c(cc1[N+](=O)[O-])OCO2. The van der Waals surface area contributed by atoms with Gasteiger partial charge in [-0.15, -0.1) is 0 Å². The molecule has 0 saturated heterocycles. The molecule has 1 heterocycles. The van der Waals surface area contributed by atoms with Crippen LogP contribution < -0.4 is 9.47 Å². The molecule has 1 aromatic carbocycles. The number of rotatable bonds is 4. The average molecular weight is 315 g/mol. The van der Waals surface area contributed by atoms with E-state index in [9.17, 15) is 14.9 Å². The Hall–Kier alpha value is -3.09. The number of fused-ring (bicyclic) bond motifs is 1. The summed E-state index contributed by atoms with van der Waals surface area (Å²) in [6, 6.07) is 2.73. The predicted molar refractivity (Wildman–Crippen MR) is 80.0 cm³/mol. The summed E-state index contributed by atoms with van der Waals surface area (Å²) in [7, 11) is 0. The summed E-state index contributed by atoms with van der Waals surface area (Å²) in [5.41, 5.74) is 0.800. The summed E-state index contributed by atoms with van der Waals surface area (Å²) < 4.78 is 15.4. The van der Waals surface area contributed by atoms with Crippen LogP contribution in [-0.2, 0) is 16.1 Å². The molecule has 1 aromatic rings. The van der Waals surface area contributed by atoms with Gasteiger partial charge in [0.2, 0.25) is 6.79 Å². The molecule has 0 spiro atoms. The number of nitro groups is 1. The lowest BCUT2D eigenvalue weighted by molar-refractivity contribution is -0.385. The molecule has 1 aliphatic carbocycles. The molecule has 2 aliphatic rings. The highest BCUT2D eigenvalue weighted by Crippen LogP contribution is 2.38. The zero-order chi connectivity index (χ0) is 16.2. The maximum atomic E-state index is 11.8. The van der Waals surface area contributed by atoms with Gasteiger partial charge in [0, 0.05) is 6.08 Å². The molecular formula is C16H13NO6. The Morgan fingerprint density at radius 1 is 1.26 bits per heavy atom. The van der Waals surface area contributed by atoms with Crippen LogP contribution in [0.1, 0.15) is 12.0 Å². The molecule has 7 heteroatoms. The normalized spacial score (nSPS) is 14.7. The van der Waals surface area contributed by atoms with Crippen molar-refractivity contribution in [2.24, 2.45) is 0 Å². The Balaban J connectivity index is 1.74. The molecule has 0 unspecified atom stereocenters. The van der Waals surface area contributed by atoms with E-state index in [0.29, 0.717) is 11.5 Å². The lowest BCUT2D eigenvalue weighted by atomic mass is 10.1. The second-order valence-electron chi connectivity index (χ2n) is 4.88. The maximum absolute atomic E-state index is 11.8. The van der Waals surface area contributed by atoms with Crippen molar-refractivity contribution in [3.63, 3.8) is 0 Å². The first-order valence-electron chi connectivity index (χ1n) is 6.92. The van der Waals surface area contributed by atoms with E-state index in [1.807, 2.05) is 24.3 Å². The smallest absolute Gasteiger partial charge is 0.331 e. The first-order chi connectivity index (χ1) is 11.1. The topological polar surface area (TPSA) is 87.9 Å². The summed E-state index contributed by atoms with van der Waals surface area (Å²) in [4.78, 5) is 22.4. The van der Waals surface area contributed by atoms with Gasteiger partial charge in [0.15, 0.2) is 11.5 Å². The van der Waals surface area contributed by atoms with Gasteiger partial charge in [-0.2, -0.15) is 0 Å². The van der Waals surface area contributed by atoms with E-state index in [1.54, 1.807) is 0 Å². The highest BCUT2D eigenvalue weighted by atomic mass is 16.7. The van der Waals surface area contributed by atoms with Crippen LogP contribution >= 0.6 is 0 Å². The highest BCUT2D eigenvalue weighted by molar-refractivity contribution is 5.84. The minimum atomic E-state index is -0.567. The number of carbonyl (C=O) groups excluding carboxylic acids is 1. The van der Waals surface area contributed by atoms with Crippen LogP contribution in [0.2, 0.25) is 0 Å². The second-order valence-corrected chi connectivity index (χ2v) is 4.88. The van der Waals surface area contributed by atoms with E-state index in [4.69, 9.17) is 14.2 Å². The summed E-state index contributed by atoms with van der Waals surface area (Å²) in [6.07, 6.45) is 9.62. The molecule has 0 bridgehead atoms. The van der Waals surface area contributed by atoms with E-state index in [1.165, 1.54) is 18.2 Å². The lowest BCUT2D eigenvalue weighted by Crippen LogP contribution is -2.04. The minimum Gasteiger partial charge on any atom is -0.457 e. The fourth-order valence-corrected chi connectivity index (χ4v) is 2.22.